The number of amides is 2. The summed E-state index contributed by atoms with van der Waals surface area (Å²) in [7, 11) is 0. The second-order valence-corrected chi connectivity index (χ2v) is 7.60. The van der Waals surface area contributed by atoms with E-state index in [0.29, 0.717) is 48.4 Å². The fraction of sp³-hybridized carbons (Fsp3) is 0.273. The van der Waals surface area contributed by atoms with E-state index >= 15 is 0 Å². The molecule has 5 rings (SSSR count). The summed E-state index contributed by atoms with van der Waals surface area (Å²) in [5.74, 6) is -0.00309. The van der Waals surface area contributed by atoms with Gasteiger partial charge in [-0.1, -0.05) is 11.6 Å². The van der Waals surface area contributed by atoms with E-state index in [1.165, 1.54) is 12.5 Å². The predicted molar refractivity (Wildman–Crippen MR) is 112 cm³/mol. The zero-order valence-electron chi connectivity index (χ0n) is 16.9. The van der Waals surface area contributed by atoms with Crippen molar-refractivity contribution in [2.24, 2.45) is 0 Å². The highest BCUT2D eigenvalue weighted by Crippen LogP contribution is 2.24. The third-order valence-electron chi connectivity index (χ3n) is 5.59. The summed E-state index contributed by atoms with van der Waals surface area (Å²) in [5, 5.41) is 5.37. The number of aromatic nitrogens is 2. The van der Waals surface area contributed by atoms with Gasteiger partial charge < -0.3 is 18.6 Å². The molecule has 0 aliphatic carbocycles. The summed E-state index contributed by atoms with van der Waals surface area (Å²) < 4.78 is 12.1. The van der Waals surface area contributed by atoms with Gasteiger partial charge in [-0.3, -0.25) is 14.3 Å². The van der Waals surface area contributed by atoms with Crippen LogP contribution >= 0.6 is 0 Å². The van der Waals surface area contributed by atoms with Gasteiger partial charge in [-0.05, 0) is 31.2 Å². The van der Waals surface area contributed by atoms with E-state index < -0.39 is 5.63 Å². The number of hydrogen-bond donors (Lipinski definition) is 0. The van der Waals surface area contributed by atoms with Gasteiger partial charge in [-0.15, -0.1) is 0 Å². The minimum absolute atomic E-state index is 0.00211. The van der Waals surface area contributed by atoms with E-state index in [1.54, 1.807) is 32.7 Å². The van der Waals surface area contributed by atoms with Crippen LogP contribution in [-0.2, 0) is 11.3 Å². The van der Waals surface area contributed by atoms with Crippen LogP contribution in [0.4, 0.5) is 0 Å². The number of piperazine rings is 1. The number of furan rings is 1. The Morgan fingerprint density at radius 1 is 1.06 bits per heavy atom. The second-order valence-electron chi connectivity index (χ2n) is 7.60. The van der Waals surface area contributed by atoms with Crippen LogP contribution in [0.25, 0.3) is 21.9 Å². The van der Waals surface area contributed by atoms with E-state index in [2.05, 4.69) is 5.10 Å². The number of carbonyl (C=O) groups is 2. The van der Waals surface area contributed by atoms with Crippen LogP contribution in [-0.4, -0.2) is 57.6 Å². The van der Waals surface area contributed by atoms with Crippen molar-refractivity contribution in [2.45, 2.75) is 13.5 Å². The number of nitrogens with zero attached hydrogens (tertiary/aromatic N) is 4. The van der Waals surface area contributed by atoms with Gasteiger partial charge in [-0.2, -0.15) is 5.10 Å². The Bertz CT molecular complexity index is 1340. The van der Waals surface area contributed by atoms with Crippen LogP contribution < -0.4 is 5.63 Å². The first kappa shape index (κ1) is 19.1. The maximum absolute atomic E-state index is 12.9. The molecule has 0 unspecified atom stereocenters. The van der Waals surface area contributed by atoms with Crippen molar-refractivity contribution in [3.8, 4) is 0 Å². The molecule has 1 fully saturated rings. The average molecular weight is 420 g/mol. The van der Waals surface area contributed by atoms with Crippen molar-refractivity contribution in [3.05, 3.63) is 64.5 Å². The van der Waals surface area contributed by atoms with Gasteiger partial charge in [0.05, 0.1) is 18.0 Å². The molecule has 0 spiro atoms. The molecule has 4 heterocycles. The summed E-state index contributed by atoms with van der Waals surface area (Å²) in [4.78, 5) is 41.0. The largest absolute Gasteiger partial charge is 0.459 e. The maximum Gasteiger partial charge on any atom is 0.347 e. The minimum atomic E-state index is -0.477. The lowest BCUT2D eigenvalue weighted by atomic mass is 10.1. The molecule has 0 atom stereocenters. The van der Waals surface area contributed by atoms with Crippen molar-refractivity contribution in [2.75, 3.05) is 26.2 Å². The van der Waals surface area contributed by atoms with Gasteiger partial charge in [0.15, 0.2) is 5.76 Å². The zero-order chi connectivity index (χ0) is 21.5. The van der Waals surface area contributed by atoms with Crippen LogP contribution in [0.5, 0.6) is 0 Å². The van der Waals surface area contributed by atoms with Crippen LogP contribution in [0.2, 0.25) is 0 Å². The smallest absolute Gasteiger partial charge is 0.347 e. The zero-order valence-corrected chi connectivity index (χ0v) is 16.9. The van der Waals surface area contributed by atoms with Crippen molar-refractivity contribution >= 4 is 33.7 Å². The Morgan fingerprint density at radius 3 is 2.58 bits per heavy atom. The topological polar surface area (TPSA) is 102 Å². The minimum Gasteiger partial charge on any atom is -0.459 e. The molecule has 2 amide bonds. The van der Waals surface area contributed by atoms with Crippen molar-refractivity contribution in [3.63, 3.8) is 0 Å². The summed E-state index contributed by atoms with van der Waals surface area (Å²) >= 11 is 0. The molecule has 31 heavy (non-hydrogen) atoms. The molecule has 9 heteroatoms. The summed E-state index contributed by atoms with van der Waals surface area (Å²) in [6.45, 7) is 3.65. The van der Waals surface area contributed by atoms with Gasteiger partial charge in [0, 0.05) is 31.6 Å². The quantitative estimate of drug-likeness (QED) is 0.470. The number of carbonyl (C=O) groups excluding carboxylic acids is 2. The lowest BCUT2D eigenvalue weighted by Gasteiger charge is -2.34. The molecule has 3 aromatic heterocycles. The van der Waals surface area contributed by atoms with Crippen LogP contribution in [0, 0.1) is 6.92 Å². The Balaban J connectivity index is 1.35. The normalized spacial score (nSPS) is 14.5. The van der Waals surface area contributed by atoms with Crippen LogP contribution in [0.15, 0.2) is 56.4 Å². The summed E-state index contributed by atoms with van der Waals surface area (Å²) in [6, 6.07) is 8.84. The molecule has 0 radical (unpaired) electrons. The third-order valence-corrected chi connectivity index (χ3v) is 5.59. The fourth-order valence-corrected chi connectivity index (χ4v) is 3.95. The van der Waals surface area contributed by atoms with E-state index in [4.69, 9.17) is 8.83 Å². The highest BCUT2D eigenvalue weighted by molar-refractivity contribution is 6.02. The molecule has 0 saturated carbocycles. The molecular formula is C22H20N4O5. The molecule has 4 aromatic rings. The first-order chi connectivity index (χ1) is 15.0. The van der Waals surface area contributed by atoms with Gasteiger partial charge in [0.1, 0.15) is 17.5 Å². The molecule has 1 aliphatic heterocycles. The van der Waals surface area contributed by atoms with E-state index in [-0.39, 0.29) is 18.4 Å². The molecule has 9 nitrogen and oxygen atoms in total. The highest BCUT2D eigenvalue weighted by atomic mass is 16.4. The van der Waals surface area contributed by atoms with E-state index in [0.717, 1.165) is 10.9 Å². The van der Waals surface area contributed by atoms with Gasteiger partial charge in [-0.25, -0.2) is 4.79 Å². The molecule has 158 valence electrons. The number of benzene rings is 1. The van der Waals surface area contributed by atoms with Gasteiger partial charge >= 0.3 is 5.63 Å². The molecule has 1 aromatic carbocycles. The summed E-state index contributed by atoms with van der Waals surface area (Å²) in [6.07, 6.45) is 2.91. The van der Waals surface area contributed by atoms with Crippen LogP contribution in [0.1, 0.15) is 16.1 Å². The number of aryl methyl sites for hydroxylation is 1. The standard InChI is InChI=1S/C22H20N4O5/c1-14-4-5-17-15(11-14)20-16(22(29)31-17)12-23-26(20)13-19(27)24-6-8-25(9-7-24)21(28)18-3-2-10-30-18/h2-5,10-12H,6-9,13H2,1H3. The third kappa shape index (κ3) is 3.37. The Hall–Kier alpha value is -3.88. The van der Waals surface area contributed by atoms with Crippen LogP contribution in [0.3, 0.4) is 0 Å². The van der Waals surface area contributed by atoms with Crippen molar-refractivity contribution < 1.29 is 18.4 Å². The Morgan fingerprint density at radius 2 is 1.84 bits per heavy atom. The first-order valence-corrected chi connectivity index (χ1v) is 10.0. The molecule has 0 N–H and O–H groups in total. The predicted octanol–water partition coefficient (Wildman–Crippen LogP) is 2.03. The highest BCUT2D eigenvalue weighted by Gasteiger charge is 2.26. The Labute approximate surface area is 176 Å². The molecule has 1 saturated heterocycles. The number of hydrogen-bond acceptors (Lipinski definition) is 6. The second kappa shape index (κ2) is 7.42. The lowest BCUT2D eigenvalue weighted by molar-refractivity contribution is -0.133. The van der Waals surface area contributed by atoms with Crippen molar-refractivity contribution in [1.29, 1.82) is 0 Å². The Kier molecular flexibility index (Phi) is 4.58. The molecular weight excluding hydrogens is 400 g/mol. The van der Waals surface area contributed by atoms with Gasteiger partial charge in [0.25, 0.3) is 5.91 Å². The SMILES string of the molecule is Cc1ccc2oc(=O)c3cnn(CC(=O)N4CCN(C(=O)c5ccco5)CC4)c3c2c1. The number of fused-ring (bicyclic) bond motifs is 3. The van der Waals surface area contributed by atoms with Gasteiger partial charge in [0.2, 0.25) is 5.91 Å². The van der Waals surface area contributed by atoms with E-state index in [1.807, 2.05) is 19.1 Å². The summed E-state index contributed by atoms with van der Waals surface area (Å²) in [5.41, 5.74) is 1.59. The molecule has 0 bridgehead atoms. The lowest BCUT2D eigenvalue weighted by Crippen LogP contribution is -2.51. The number of rotatable bonds is 3. The molecule has 1 aliphatic rings. The van der Waals surface area contributed by atoms with Crippen molar-refractivity contribution in [1.82, 2.24) is 19.6 Å². The monoisotopic (exact) mass is 420 g/mol. The average Bonchev–Trinajstić information content (AvgIpc) is 3.45. The maximum atomic E-state index is 12.9. The fourth-order valence-electron chi connectivity index (χ4n) is 3.95. The first-order valence-electron chi connectivity index (χ1n) is 10.0. The van der Waals surface area contributed by atoms with E-state index in [9.17, 15) is 14.4 Å².